The van der Waals surface area contributed by atoms with Crippen LogP contribution in [0.15, 0.2) is 22.1 Å². The molecular weight excluding hydrogens is 472 g/mol. The minimum atomic E-state index is -3.91. The summed E-state index contributed by atoms with van der Waals surface area (Å²) in [6.45, 7) is 24.1. The molecule has 1 aromatic rings. The maximum Gasteiger partial charge on any atom is 0.277 e. The first-order valence-corrected chi connectivity index (χ1v) is 15.0. The second-order valence-corrected chi connectivity index (χ2v) is 14.7. The topological polar surface area (TPSA) is 77.0 Å². The van der Waals surface area contributed by atoms with Crippen LogP contribution in [0.1, 0.15) is 123 Å². The van der Waals surface area contributed by atoms with Gasteiger partial charge in [0.2, 0.25) is 0 Å². The Bertz CT molecular complexity index is 1060. The van der Waals surface area contributed by atoms with E-state index in [2.05, 4.69) is 70.5 Å². The van der Waals surface area contributed by atoms with E-state index in [1.165, 1.54) is 0 Å². The van der Waals surface area contributed by atoms with Crippen LogP contribution < -0.4 is 4.83 Å². The van der Waals surface area contributed by atoms with Gasteiger partial charge in [0.25, 0.3) is 10.0 Å². The molecule has 1 atom stereocenters. The molecule has 7 heteroatoms. The molecule has 1 heterocycles. The molecule has 2 fully saturated rings. The largest absolute Gasteiger partial charge is 0.348 e. The van der Waals surface area contributed by atoms with Gasteiger partial charge in [-0.05, 0) is 60.6 Å². The number of hydrogen-bond donors (Lipinski definition) is 1. The molecule has 1 spiro atoms. The average Bonchev–Trinajstić information content (AvgIpc) is 2.76. The van der Waals surface area contributed by atoms with Gasteiger partial charge in [-0.15, -0.1) is 0 Å². The molecule has 3 rings (SSSR count). The number of sulfonamides is 1. The normalized spacial score (nSPS) is 24.7. The standard InChI is InChI=1S/C29H48N2O4S/c1-18(2)22-14-23(19(3)4)25(24(15-22)20(5)6)36(32,33)31-30-26-21(7)12-13-29(28(26,10)11)34-16-27(8,9)17-35-29/h14-15,18-21,31H,12-13,16-17H2,1-11H3/b30-26+. The molecule has 6 nitrogen and oxygen atoms in total. The lowest BCUT2D eigenvalue weighted by molar-refractivity contribution is -0.337. The van der Waals surface area contributed by atoms with Crippen LogP contribution in [0.2, 0.25) is 0 Å². The zero-order chi connectivity index (χ0) is 27.3. The first kappa shape index (κ1) is 29.1. The van der Waals surface area contributed by atoms with Crippen LogP contribution >= 0.6 is 0 Å². The second kappa shape index (κ2) is 10.0. The first-order valence-electron chi connectivity index (χ1n) is 13.5. The molecule has 0 amide bonds. The van der Waals surface area contributed by atoms with E-state index >= 15 is 0 Å². The minimum absolute atomic E-state index is 0.0497. The lowest BCUT2D eigenvalue weighted by Crippen LogP contribution is -2.62. The highest BCUT2D eigenvalue weighted by atomic mass is 32.2. The van der Waals surface area contributed by atoms with Crippen molar-refractivity contribution < 1.29 is 17.9 Å². The highest BCUT2D eigenvalue weighted by molar-refractivity contribution is 7.89. The lowest BCUT2D eigenvalue weighted by Gasteiger charge is -2.55. The van der Waals surface area contributed by atoms with Crippen molar-refractivity contribution >= 4 is 15.7 Å². The number of benzene rings is 1. The van der Waals surface area contributed by atoms with Gasteiger partial charge in [0.05, 0.1) is 29.2 Å². The molecule has 204 valence electrons. The molecule has 1 unspecified atom stereocenters. The monoisotopic (exact) mass is 520 g/mol. The van der Waals surface area contributed by atoms with E-state index < -0.39 is 21.2 Å². The number of ether oxygens (including phenoxy) is 2. The summed E-state index contributed by atoms with van der Waals surface area (Å²) >= 11 is 0. The number of rotatable bonds is 6. The molecule has 1 saturated carbocycles. The van der Waals surface area contributed by atoms with Crippen LogP contribution in [0.5, 0.6) is 0 Å². The second-order valence-electron chi connectivity index (χ2n) is 13.1. The minimum Gasteiger partial charge on any atom is -0.348 e. The Kier molecular flexibility index (Phi) is 8.11. The molecule has 1 aliphatic carbocycles. The Labute approximate surface area is 219 Å². The van der Waals surface area contributed by atoms with Gasteiger partial charge in [-0.2, -0.15) is 13.5 Å². The quantitative estimate of drug-likeness (QED) is 0.413. The molecule has 0 aromatic heterocycles. The maximum atomic E-state index is 13.9. The summed E-state index contributed by atoms with van der Waals surface area (Å²) in [7, 11) is -3.91. The molecule has 0 bridgehead atoms. The van der Waals surface area contributed by atoms with E-state index in [9.17, 15) is 8.42 Å². The van der Waals surface area contributed by atoms with Crippen LogP contribution in [0.25, 0.3) is 0 Å². The number of nitrogens with zero attached hydrogens (tertiary/aromatic N) is 1. The Morgan fingerprint density at radius 1 is 0.917 bits per heavy atom. The van der Waals surface area contributed by atoms with Crippen LogP contribution in [0.4, 0.5) is 0 Å². The van der Waals surface area contributed by atoms with Crippen LogP contribution in [0, 0.1) is 16.7 Å². The van der Waals surface area contributed by atoms with Gasteiger partial charge in [-0.1, -0.05) is 74.4 Å². The predicted octanol–water partition coefficient (Wildman–Crippen LogP) is 6.92. The fourth-order valence-electron chi connectivity index (χ4n) is 5.48. The molecule has 1 aliphatic heterocycles. The first-order chi connectivity index (χ1) is 16.4. The van der Waals surface area contributed by atoms with Gasteiger partial charge in [0, 0.05) is 11.8 Å². The van der Waals surface area contributed by atoms with Crippen molar-refractivity contribution in [3.05, 3.63) is 28.8 Å². The van der Waals surface area contributed by atoms with E-state index in [4.69, 9.17) is 9.47 Å². The van der Waals surface area contributed by atoms with Crippen LogP contribution in [0.3, 0.4) is 0 Å². The van der Waals surface area contributed by atoms with Gasteiger partial charge in [-0.3, -0.25) is 0 Å². The van der Waals surface area contributed by atoms with Gasteiger partial charge in [-0.25, -0.2) is 4.83 Å². The van der Waals surface area contributed by atoms with Crippen LogP contribution in [-0.2, 0) is 19.5 Å². The van der Waals surface area contributed by atoms with Crippen molar-refractivity contribution in [2.24, 2.45) is 21.8 Å². The lowest BCUT2D eigenvalue weighted by atomic mass is 9.66. The zero-order valence-electron chi connectivity index (χ0n) is 24.3. The maximum absolute atomic E-state index is 13.9. The Balaban J connectivity index is 2.05. The predicted molar refractivity (Wildman–Crippen MR) is 147 cm³/mol. The van der Waals surface area contributed by atoms with Crippen molar-refractivity contribution in [3.8, 4) is 0 Å². The summed E-state index contributed by atoms with van der Waals surface area (Å²) in [6.07, 6.45) is 1.58. The molecule has 1 aromatic carbocycles. The van der Waals surface area contributed by atoms with E-state index in [0.29, 0.717) is 24.0 Å². The third kappa shape index (κ3) is 5.39. The van der Waals surface area contributed by atoms with Crippen molar-refractivity contribution in [2.75, 3.05) is 13.2 Å². The average molecular weight is 521 g/mol. The third-order valence-corrected chi connectivity index (χ3v) is 9.33. The third-order valence-electron chi connectivity index (χ3n) is 7.99. The molecule has 1 N–H and O–H groups in total. The highest BCUT2D eigenvalue weighted by Crippen LogP contribution is 2.50. The van der Waals surface area contributed by atoms with Crippen molar-refractivity contribution in [1.82, 2.24) is 4.83 Å². The van der Waals surface area contributed by atoms with E-state index in [0.717, 1.165) is 35.2 Å². The fourth-order valence-corrected chi connectivity index (χ4v) is 7.00. The zero-order valence-corrected chi connectivity index (χ0v) is 25.1. The van der Waals surface area contributed by atoms with Crippen molar-refractivity contribution in [1.29, 1.82) is 0 Å². The van der Waals surface area contributed by atoms with Gasteiger partial charge in [0.1, 0.15) is 0 Å². The Morgan fingerprint density at radius 3 is 1.86 bits per heavy atom. The summed E-state index contributed by atoms with van der Waals surface area (Å²) in [5.74, 6) is -0.273. The molecule has 1 saturated heterocycles. The number of hydrazone groups is 1. The fraction of sp³-hybridized carbons (Fsp3) is 0.759. The summed E-state index contributed by atoms with van der Waals surface area (Å²) in [4.78, 5) is 3.02. The van der Waals surface area contributed by atoms with E-state index in [-0.39, 0.29) is 23.2 Å². The van der Waals surface area contributed by atoms with E-state index in [1.54, 1.807) is 0 Å². The SMILES string of the molecule is CC1CCC2(OCC(C)(C)CO2)C(C)(C)/C1=N/NS(=O)(=O)c1c(C(C)C)cc(C(C)C)cc1C(C)C. The molecule has 36 heavy (non-hydrogen) atoms. The summed E-state index contributed by atoms with van der Waals surface area (Å²) < 4.78 is 40.6. The molecular formula is C29H48N2O4S. The smallest absolute Gasteiger partial charge is 0.277 e. The van der Waals surface area contributed by atoms with E-state index in [1.807, 2.05) is 27.7 Å². The Morgan fingerprint density at radius 2 is 1.42 bits per heavy atom. The molecule has 0 radical (unpaired) electrons. The van der Waals surface area contributed by atoms with Crippen LogP contribution in [-0.4, -0.2) is 33.1 Å². The van der Waals surface area contributed by atoms with Gasteiger partial charge < -0.3 is 9.47 Å². The number of nitrogens with one attached hydrogen (secondary N) is 1. The van der Waals surface area contributed by atoms with Crippen molar-refractivity contribution in [3.63, 3.8) is 0 Å². The Hall–Kier alpha value is -1.44. The highest BCUT2D eigenvalue weighted by Gasteiger charge is 2.57. The number of hydrogen-bond acceptors (Lipinski definition) is 5. The summed E-state index contributed by atoms with van der Waals surface area (Å²) in [5, 5.41) is 4.63. The van der Waals surface area contributed by atoms with Crippen molar-refractivity contribution in [2.45, 2.75) is 117 Å². The summed E-state index contributed by atoms with van der Waals surface area (Å²) in [6, 6.07) is 4.10. The summed E-state index contributed by atoms with van der Waals surface area (Å²) in [5.41, 5.74) is 2.97. The van der Waals surface area contributed by atoms with Gasteiger partial charge in [0.15, 0.2) is 5.79 Å². The van der Waals surface area contributed by atoms with Gasteiger partial charge >= 0.3 is 0 Å². The molecule has 2 aliphatic rings.